The van der Waals surface area contributed by atoms with E-state index in [2.05, 4.69) is 10.6 Å². The van der Waals surface area contributed by atoms with Crippen molar-refractivity contribution in [2.45, 2.75) is 26.9 Å². The highest BCUT2D eigenvalue weighted by molar-refractivity contribution is 6.05. The van der Waals surface area contributed by atoms with Gasteiger partial charge in [0.15, 0.2) is 6.10 Å². The van der Waals surface area contributed by atoms with Crippen molar-refractivity contribution in [3.8, 4) is 11.5 Å². The number of anilines is 2. The third-order valence-electron chi connectivity index (χ3n) is 4.80. The molecule has 0 radical (unpaired) electrons. The minimum Gasteiger partial charge on any atom is -0.495 e. The molecule has 3 aromatic carbocycles. The Morgan fingerprint density at radius 1 is 0.871 bits per heavy atom. The molecule has 0 saturated carbocycles. The molecule has 0 heterocycles. The van der Waals surface area contributed by atoms with Gasteiger partial charge in [0, 0.05) is 11.3 Å². The molecule has 6 heteroatoms. The zero-order chi connectivity index (χ0) is 22.4. The molecule has 1 atom stereocenters. The lowest BCUT2D eigenvalue weighted by Gasteiger charge is -2.16. The van der Waals surface area contributed by atoms with Gasteiger partial charge in [0.2, 0.25) is 0 Å². The van der Waals surface area contributed by atoms with Gasteiger partial charge in [-0.1, -0.05) is 24.3 Å². The number of benzene rings is 3. The smallest absolute Gasteiger partial charge is 0.265 e. The van der Waals surface area contributed by atoms with Crippen molar-refractivity contribution in [1.29, 1.82) is 0 Å². The Bertz CT molecular complexity index is 1080. The maximum atomic E-state index is 12.6. The Kier molecular flexibility index (Phi) is 6.92. The van der Waals surface area contributed by atoms with Gasteiger partial charge in [-0.3, -0.25) is 9.59 Å². The van der Waals surface area contributed by atoms with Gasteiger partial charge < -0.3 is 20.1 Å². The number of methoxy groups -OCH3 is 1. The van der Waals surface area contributed by atoms with Crippen LogP contribution in [0.3, 0.4) is 0 Å². The summed E-state index contributed by atoms with van der Waals surface area (Å²) < 4.78 is 11.0. The van der Waals surface area contributed by atoms with Crippen molar-refractivity contribution in [3.63, 3.8) is 0 Å². The van der Waals surface area contributed by atoms with Crippen LogP contribution in [0.25, 0.3) is 0 Å². The van der Waals surface area contributed by atoms with Crippen LogP contribution >= 0.6 is 0 Å². The van der Waals surface area contributed by atoms with Crippen LogP contribution in [0.4, 0.5) is 11.4 Å². The summed E-state index contributed by atoms with van der Waals surface area (Å²) >= 11 is 0. The van der Waals surface area contributed by atoms with E-state index in [0.717, 1.165) is 16.8 Å². The number of nitrogens with one attached hydrogen (secondary N) is 2. The van der Waals surface area contributed by atoms with Crippen LogP contribution in [-0.2, 0) is 4.79 Å². The fraction of sp³-hybridized carbons (Fsp3) is 0.200. The number of amides is 2. The van der Waals surface area contributed by atoms with E-state index in [0.29, 0.717) is 22.7 Å². The number of carbonyl (C=O) groups excluding carboxylic acids is 2. The summed E-state index contributed by atoms with van der Waals surface area (Å²) in [5.74, 6) is 0.577. The van der Waals surface area contributed by atoms with Crippen molar-refractivity contribution in [1.82, 2.24) is 0 Å². The molecule has 0 saturated heterocycles. The number of hydrogen-bond acceptors (Lipinski definition) is 4. The molecule has 0 fully saturated rings. The summed E-state index contributed by atoms with van der Waals surface area (Å²) in [6.45, 7) is 5.55. The molecule has 0 bridgehead atoms. The van der Waals surface area contributed by atoms with Crippen LogP contribution in [0, 0.1) is 13.8 Å². The largest absolute Gasteiger partial charge is 0.495 e. The molecule has 0 spiro atoms. The number of aryl methyl sites for hydroxylation is 2. The first-order valence-electron chi connectivity index (χ1n) is 9.96. The molecular formula is C25H26N2O4. The van der Waals surface area contributed by atoms with Crippen molar-refractivity contribution in [3.05, 3.63) is 83.4 Å². The van der Waals surface area contributed by atoms with Gasteiger partial charge in [-0.25, -0.2) is 0 Å². The minimum absolute atomic E-state index is 0.248. The molecule has 31 heavy (non-hydrogen) atoms. The first-order valence-corrected chi connectivity index (χ1v) is 9.96. The van der Waals surface area contributed by atoms with E-state index in [-0.39, 0.29) is 11.8 Å². The van der Waals surface area contributed by atoms with Gasteiger partial charge >= 0.3 is 0 Å². The van der Waals surface area contributed by atoms with E-state index in [4.69, 9.17) is 9.47 Å². The van der Waals surface area contributed by atoms with Gasteiger partial charge in [-0.15, -0.1) is 0 Å². The molecule has 2 amide bonds. The highest BCUT2D eigenvalue weighted by Crippen LogP contribution is 2.26. The van der Waals surface area contributed by atoms with Crippen LogP contribution in [-0.4, -0.2) is 25.0 Å². The van der Waals surface area contributed by atoms with Gasteiger partial charge in [0.05, 0.1) is 12.8 Å². The number of carbonyl (C=O) groups is 2. The van der Waals surface area contributed by atoms with Gasteiger partial charge in [-0.2, -0.15) is 0 Å². The van der Waals surface area contributed by atoms with E-state index >= 15 is 0 Å². The van der Waals surface area contributed by atoms with E-state index in [1.165, 1.54) is 0 Å². The summed E-state index contributed by atoms with van der Waals surface area (Å²) in [4.78, 5) is 25.0. The van der Waals surface area contributed by atoms with Gasteiger partial charge in [-0.05, 0) is 74.4 Å². The predicted octanol–water partition coefficient (Wildman–Crippen LogP) is 4.97. The molecule has 2 N–H and O–H groups in total. The molecule has 0 aliphatic carbocycles. The Balaban J connectivity index is 1.62. The zero-order valence-electron chi connectivity index (χ0n) is 18.1. The lowest BCUT2D eigenvalue weighted by molar-refractivity contribution is -0.122. The zero-order valence-corrected chi connectivity index (χ0v) is 18.1. The fourth-order valence-corrected chi connectivity index (χ4v) is 3.00. The molecule has 0 aliphatic rings. The highest BCUT2D eigenvalue weighted by Gasteiger charge is 2.16. The average molecular weight is 418 g/mol. The molecule has 160 valence electrons. The molecule has 3 aromatic rings. The van der Waals surface area contributed by atoms with Crippen LogP contribution in [0.1, 0.15) is 28.4 Å². The van der Waals surface area contributed by atoms with Crippen molar-refractivity contribution < 1.29 is 19.1 Å². The third-order valence-corrected chi connectivity index (χ3v) is 4.80. The second-order valence-corrected chi connectivity index (χ2v) is 7.25. The highest BCUT2D eigenvalue weighted by atomic mass is 16.5. The molecule has 0 unspecified atom stereocenters. The monoisotopic (exact) mass is 418 g/mol. The lowest BCUT2D eigenvalue weighted by atomic mass is 10.1. The number of para-hydroxylation sites is 1. The first kappa shape index (κ1) is 21.9. The summed E-state index contributed by atoms with van der Waals surface area (Å²) in [5.41, 5.74) is 3.81. The third kappa shape index (κ3) is 5.63. The number of hydrogen-bond donors (Lipinski definition) is 2. The maximum absolute atomic E-state index is 12.6. The minimum atomic E-state index is -0.698. The van der Waals surface area contributed by atoms with E-state index in [9.17, 15) is 9.59 Å². The standard InChI is InChI=1S/C25H26N2O4/c1-16-9-14-23(30-4)22(15-16)27-25(29)19-10-12-20(13-11-19)31-18(3)24(28)26-21-8-6-5-7-17(21)2/h5-15,18H,1-4H3,(H,26,28)(H,27,29)/t18-/m1/s1. The van der Waals surface area contributed by atoms with Crippen molar-refractivity contribution >= 4 is 23.2 Å². The topological polar surface area (TPSA) is 76.7 Å². The molecular weight excluding hydrogens is 392 g/mol. The van der Waals surface area contributed by atoms with Crippen molar-refractivity contribution in [2.24, 2.45) is 0 Å². The van der Waals surface area contributed by atoms with E-state index in [1.54, 1.807) is 38.3 Å². The van der Waals surface area contributed by atoms with Gasteiger partial charge in [0.25, 0.3) is 11.8 Å². The van der Waals surface area contributed by atoms with Crippen LogP contribution < -0.4 is 20.1 Å². The van der Waals surface area contributed by atoms with Crippen molar-refractivity contribution in [2.75, 3.05) is 17.7 Å². The first-order chi connectivity index (χ1) is 14.9. The van der Waals surface area contributed by atoms with Crippen LogP contribution in [0.2, 0.25) is 0 Å². The summed E-state index contributed by atoms with van der Waals surface area (Å²) in [5, 5.41) is 5.72. The maximum Gasteiger partial charge on any atom is 0.265 e. The summed E-state index contributed by atoms with van der Waals surface area (Å²) in [6.07, 6.45) is -0.698. The van der Waals surface area contributed by atoms with Crippen LogP contribution in [0.5, 0.6) is 11.5 Å². The molecule has 3 rings (SSSR count). The second kappa shape index (κ2) is 9.80. The Morgan fingerprint density at radius 2 is 1.58 bits per heavy atom. The number of ether oxygens (including phenoxy) is 2. The van der Waals surface area contributed by atoms with E-state index < -0.39 is 6.10 Å². The normalized spacial score (nSPS) is 11.4. The molecule has 6 nitrogen and oxygen atoms in total. The summed E-state index contributed by atoms with van der Waals surface area (Å²) in [6, 6.07) is 19.8. The van der Waals surface area contributed by atoms with Crippen LogP contribution in [0.15, 0.2) is 66.7 Å². The van der Waals surface area contributed by atoms with E-state index in [1.807, 2.05) is 56.3 Å². The second-order valence-electron chi connectivity index (χ2n) is 7.25. The molecule has 0 aliphatic heterocycles. The average Bonchev–Trinajstić information content (AvgIpc) is 2.76. The Hall–Kier alpha value is -3.80. The number of rotatable bonds is 7. The quantitative estimate of drug-likeness (QED) is 0.568. The Labute approximate surface area is 182 Å². The van der Waals surface area contributed by atoms with Gasteiger partial charge in [0.1, 0.15) is 11.5 Å². The Morgan fingerprint density at radius 3 is 2.26 bits per heavy atom. The predicted molar refractivity (Wildman–Crippen MR) is 122 cm³/mol. The lowest BCUT2D eigenvalue weighted by Crippen LogP contribution is -2.30. The fourth-order valence-electron chi connectivity index (χ4n) is 3.00. The summed E-state index contributed by atoms with van der Waals surface area (Å²) in [7, 11) is 1.56. The molecule has 0 aromatic heterocycles. The SMILES string of the molecule is COc1ccc(C)cc1NC(=O)c1ccc(O[C@H](C)C(=O)Nc2ccccc2C)cc1.